The van der Waals surface area contributed by atoms with Gasteiger partial charge < -0.3 is 4.74 Å². The van der Waals surface area contributed by atoms with E-state index in [2.05, 4.69) is 20.7 Å². The first-order valence-corrected chi connectivity index (χ1v) is 5.70. The lowest BCUT2D eigenvalue weighted by atomic mass is 10.2. The molecule has 0 aliphatic carbocycles. The van der Waals surface area contributed by atoms with Crippen LogP contribution in [0.15, 0.2) is 24.3 Å². The molecule has 0 amide bonds. The second-order valence-corrected chi connectivity index (χ2v) is 3.84. The second-order valence-electron chi connectivity index (χ2n) is 2.79. The van der Waals surface area contributed by atoms with Crippen LogP contribution < -0.4 is 4.74 Å². The van der Waals surface area contributed by atoms with Gasteiger partial charge in [0.1, 0.15) is 5.75 Å². The standard InChI is InChI=1S/C10H7BrClF3O/c11-5-1-2-7-3-4-8(6-9(7)12)16-10(13,14)15/h1-4,6H,5H2. The minimum Gasteiger partial charge on any atom is -0.406 e. The van der Waals surface area contributed by atoms with E-state index in [0.717, 1.165) is 6.07 Å². The van der Waals surface area contributed by atoms with E-state index in [0.29, 0.717) is 10.9 Å². The van der Waals surface area contributed by atoms with Gasteiger partial charge in [0.05, 0.1) is 5.02 Å². The summed E-state index contributed by atoms with van der Waals surface area (Å²) in [4.78, 5) is 0. The summed E-state index contributed by atoms with van der Waals surface area (Å²) < 4.78 is 39.4. The zero-order valence-electron chi connectivity index (χ0n) is 7.89. The monoisotopic (exact) mass is 314 g/mol. The summed E-state index contributed by atoms with van der Waals surface area (Å²) in [6.07, 6.45) is -1.21. The predicted octanol–water partition coefficient (Wildman–Crippen LogP) is 4.65. The van der Waals surface area contributed by atoms with Crippen molar-refractivity contribution in [2.75, 3.05) is 5.33 Å². The van der Waals surface area contributed by atoms with E-state index < -0.39 is 6.36 Å². The molecule has 1 nitrogen and oxygen atoms in total. The summed E-state index contributed by atoms with van der Waals surface area (Å²) in [5.74, 6) is -0.325. The SMILES string of the molecule is FC(F)(F)Oc1ccc(C=CCBr)c(Cl)c1. The fraction of sp³-hybridized carbons (Fsp3) is 0.200. The normalized spacial score (nSPS) is 12.1. The van der Waals surface area contributed by atoms with Crippen molar-refractivity contribution in [1.29, 1.82) is 0 Å². The molecule has 0 unspecified atom stereocenters. The number of alkyl halides is 4. The molecule has 0 radical (unpaired) electrons. The van der Waals surface area contributed by atoms with E-state index >= 15 is 0 Å². The van der Waals surface area contributed by atoms with Crippen LogP contribution in [0.3, 0.4) is 0 Å². The van der Waals surface area contributed by atoms with Crippen LogP contribution in [-0.2, 0) is 0 Å². The minimum atomic E-state index is -4.70. The molecule has 0 N–H and O–H groups in total. The molecular weight excluding hydrogens is 308 g/mol. The number of allylic oxidation sites excluding steroid dienone is 1. The van der Waals surface area contributed by atoms with Crippen LogP contribution in [0.4, 0.5) is 13.2 Å². The zero-order valence-corrected chi connectivity index (χ0v) is 10.2. The van der Waals surface area contributed by atoms with E-state index in [9.17, 15) is 13.2 Å². The van der Waals surface area contributed by atoms with Gasteiger partial charge in [0.25, 0.3) is 0 Å². The molecule has 0 saturated carbocycles. The Balaban J connectivity index is 2.87. The average Bonchev–Trinajstić information content (AvgIpc) is 2.14. The molecule has 0 bridgehead atoms. The number of benzene rings is 1. The van der Waals surface area contributed by atoms with Crippen LogP contribution in [0.25, 0.3) is 6.08 Å². The molecule has 0 aliphatic rings. The summed E-state index contributed by atoms with van der Waals surface area (Å²) >= 11 is 8.96. The van der Waals surface area contributed by atoms with Crippen LogP contribution in [0.5, 0.6) is 5.75 Å². The maximum absolute atomic E-state index is 11.9. The number of hydrogen-bond acceptors (Lipinski definition) is 1. The molecule has 16 heavy (non-hydrogen) atoms. The van der Waals surface area contributed by atoms with Crippen LogP contribution in [0, 0.1) is 0 Å². The first-order chi connectivity index (χ1) is 7.42. The lowest BCUT2D eigenvalue weighted by molar-refractivity contribution is -0.274. The molecule has 88 valence electrons. The van der Waals surface area contributed by atoms with Crippen molar-refractivity contribution in [3.63, 3.8) is 0 Å². The minimum absolute atomic E-state index is 0.207. The van der Waals surface area contributed by atoms with E-state index in [1.807, 2.05) is 0 Å². The van der Waals surface area contributed by atoms with E-state index in [4.69, 9.17) is 11.6 Å². The fourth-order valence-corrected chi connectivity index (χ4v) is 1.43. The third kappa shape index (κ3) is 4.45. The summed E-state index contributed by atoms with van der Waals surface area (Å²) in [6, 6.07) is 3.80. The number of hydrogen-bond donors (Lipinski definition) is 0. The molecule has 0 atom stereocenters. The molecule has 1 aromatic rings. The van der Waals surface area contributed by atoms with Gasteiger partial charge in [-0.1, -0.05) is 39.7 Å². The molecule has 1 aromatic carbocycles. The van der Waals surface area contributed by atoms with Gasteiger partial charge in [-0.15, -0.1) is 13.2 Å². The largest absolute Gasteiger partial charge is 0.573 e. The van der Waals surface area contributed by atoms with Gasteiger partial charge in [-0.05, 0) is 23.8 Å². The molecular formula is C10H7BrClF3O. The molecule has 0 fully saturated rings. The molecule has 0 spiro atoms. The van der Waals surface area contributed by atoms with E-state index in [1.54, 1.807) is 12.2 Å². The Kier molecular flexibility index (Phi) is 4.68. The summed E-state index contributed by atoms with van der Waals surface area (Å²) in [6.45, 7) is 0. The van der Waals surface area contributed by atoms with Gasteiger partial charge >= 0.3 is 6.36 Å². The summed E-state index contributed by atoms with van der Waals surface area (Å²) in [5, 5.41) is 0.850. The highest BCUT2D eigenvalue weighted by atomic mass is 79.9. The first-order valence-electron chi connectivity index (χ1n) is 4.20. The molecule has 0 saturated heterocycles. The molecule has 0 aromatic heterocycles. The smallest absolute Gasteiger partial charge is 0.406 e. The van der Waals surface area contributed by atoms with Crippen LogP contribution >= 0.6 is 27.5 Å². The Bertz CT molecular complexity index is 390. The van der Waals surface area contributed by atoms with Gasteiger partial charge in [-0.25, -0.2) is 0 Å². The Labute approximate surface area is 104 Å². The Morgan fingerprint density at radius 2 is 2.06 bits per heavy atom. The Morgan fingerprint density at radius 1 is 1.38 bits per heavy atom. The average molecular weight is 316 g/mol. The lowest BCUT2D eigenvalue weighted by Gasteiger charge is -2.09. The Hall–Kier alpha value is -0.680. The molecule has 0 aliphatic heterocycles. The number of ether oxygens (including phenoxy) is 1. The fourth-order valence-electron chi connectivity index (χ4n) is 1.01. The maximum Gasteiger partial charge on any atom is 0.573 e. The number of rotatable bonds is 3. The highest BCUT2D eigenvalue weighted by molar-refractivity contribution is 9.09. The van der Waals surface area contributed by atoms with Gasteiger partial charge in [-0.3, -0.25) is 0 Å². The lowest BCUT2D eigenvalue weighted by Crippen LogP contribution is -2.17. The van der Waals surface area contributed by atoms with Crippen molar-refractivity contribution >= 4 is 33.6 Å². The van der Waals surface area contributed by atoms with Crippen molar-refractivity contribution in [3.05, 3.63) is 34.9 Å². The molecule has 0 heterocycles. The molecule has 6 heteroatoms. The van der Waals surface area contributed by atoms with Crippen LogP contribution in [0.1, 0.15) is 5.56 Å². The highest BCUT2D eigenvalue weighted by Crippen LogP contribution is 2.28. The number of halogens is 5. The van der Waals surface area contributed by atoms with E-state index in [1.165, 1.54) is 12.1 Å². The van der Waals surface area contributed by atoms with Crippen LogP contribution in [-0.4, -0.2) is 11.7 Å². The van der Waals surface area contributed by atoms with Crippen molar-refractivity contribution in [1.82, 2.24) is 0 Å². The third-order valence-corrected chi connectivity index (χ3v) is 2.29. The summed E-state index contributed by atoms with van der Waals surface area (Å²) in [5.41, 5.74) is 0.635. The van der Waals surface area contributed by atoms with Crippen LogP contribution in [0.2, 0.25) is 5.02 Å². The van der Waals surface area contributed by atoms with Gasteiger partial charge in [0.2, 0.25) is 0 Å². The van der Waals surface area contributed by atoms with E-state index in [-0.39, 0.29) is 10.8 Å². The van der Waals surface area contributed by atoms with Crippen molar-refractivity contribution in [3.8, 4) is 5.75 Å². The van der Waals surface area contributed by atoms with Gasteiger partial charge in [0.15, 0.2) is 0 Å². The van der Waals surface area contributed by atoms with Crippen molar-refractivity contribution in [2.24, 2.45) is 0 Å². The van der Waals surface area contributed by atoms with Crippen molar-refractivity contribution < 1.29 is 17.9 Å². The van der Waals surface area contributed by atoms with Gasteiger partial charge in [-0.2, -0.15) is 0 Å². The molecule has 1 rings (SSSR count). The topological polar surface area (TPSA) is 9.23 Å². The predicted molar refractivity (Wildman–Crippen MR) is 61.0 cm³/mol. The zero-order chi connectivity index (χ0) is 12.2. The maximum atomic E-state index is 11.9. The Morgan fingerprint density at radius 3 is 2.56 bits per heavy atom. The summed E-state index contributed by atoms with van der Waals surface area (Å²) in [7, 11) is 0. The quantitative estimate of drug-likeness (QED) is 0.738. The van der Waals surface area contributed by atoms with Crippen molar-refractivity contribution in [2.45, 2.75) is 6.36 Å². The third-order valence-electron chi connectivity index (χ3n) is 1.59. The second kappa shape index (κ2) is 5.59. The first kappa shape index (κ1) is 13.4. The van der Waals surface area contributed by atoms with Gasteiger partial charge in [0, 0.05) is 5.33 Å². The highest BCUT2D eigenvalue weighted by Gasteiger charge is 2.31.